The van der Waals surface area contributed by atoms with Crippen LogP contribution in [0.5, 0.6) is 5.75 Å². The lowest BCUT2D eigenvalue weighted by atomic mass is 9.44. The third kappa shape index (κ3) is 1.97. The second kappa shape index (κ2) is 4.52. The zero-order chi connectivity index (χ0) is 15.6. The predicted octanol–water partition coefficient (Wildman–Crippen LogP) is 5.67. The van der Waals surface area contributed by atoms with Crippen molar-refractivity contribution in [3.8, 4) is 5.75 Å². The maximum absolute atomic E-state index is 9.70. The summed E-state index contributed by atoms with van der Waals surface area (Å²) in [6.45, 7) is 7.51. The van der Waals surface area contributed by atoms with E-state index in [2.05, 4.69) is 32.9 Å². The van der Waals surface area contributed by atoms with Crippen LogP contribution in [0, 0.1) is 22.7 Å². The Morgan fingerprint density at radius 2 is 1.68 bits per heavy atom. The van der Waals surface area contributed by atoms with Gasteiger partial charge in [-0.2, -0.15) is 0 Å². The molecule has 1 N–H and O–H groups in total. The summed E-state index contributed by atoms with van der Waals surface area (Å²) in [5, 5.41) is 9.70. The standard InChI is InChI=1S/C21H30O/c1-19(2)13-18-17(19)9-12-20(3)10-4-11-21(18,14-20)15-5-7-16(22)8-6-15/h5-8,17-18,22H,4,9-14H2,1-3H3/t17-,18+,20+,21+/m1/s1. The molecule has 3 aliphatic rings. The van der Waals surface area contributed by atoms with Crippen molar-refractivity contribution >= 4 is 0 Å². The van der Waals surface area contributed by atoms with E-state index in [4.69, 9.17) is 0 Å². The van der Waals surface area contributed by atoms with Gasteiger partial charge in [0.25, 0.3) is 0 Å². The molecular formula is C21H30O. The molecule has 3 saturated carbocycles. The third-order valence-corrected chi connectivity index (χ3v) is 7.59. The summed E-state index contributed by atoms with van der Waals surface area (Å²) in [6.07, 6.45) is 9.72. The summed E-state index contributed by atoms with van der Waals surface area (Å²) in [7, 11) is 0. The van der Waals surface area contributed by atoms with Crippen LogP contribution in [0.15, 0.2) is 24.3 Å². The van der Waals surface area contributed by atoms with E-state index in [-0.39, 0.29) is 0 Å². The quantitative estimate of drug-likeness (QED) is 0.708. The van der Waals surface area contributed by atoms with E-state index in [1.54, 1.807) is 0 Å². The highest BCUT2D eigenvalue weighted by Gasteiger charge is 2.60. The van der Waals surface area contributed by atoms with E-state index in [0.717, 1.165) is 11.8 Å². The minimum atomic E-state index is 0.372. The summed E-state index contributed by atoms with van der Waals surface area (Å²) >= 11 is 0. The van der Waals surface area contributed by atoms with Crippen molar-refractivity contribution in [2.45, 2.75) is 71.1 Å². The lowest BCUT2D eigenvalue weighted by molar-refractivity contribution is -0.0680. The number of hydrogen-bond acceptors (Lipinski definition) is 1. The van der Waals surface area contributed by atoms with Gasteiger partial charge in [-0.05, 0) is 84.3 Å². The van der Waals surface area contributed by atoms with Crippen molar-refractivity contribution in [2.24, 2.45) is 22.7 Å². The SMILES string of the molecule is CC1(C)C[C@H]2[C@H]1CC[C@]1(C)CCC[C@@]2(c2ccc(O)cc2)C1. The van der Waals surface area contributed by atoms with Crippen LogP contribution in [0.25, 0.3) is 0 Å². The molecule has 3 fully saturated rings. The van der Waals surface area contributed by atoms with Crippen molar-refractivity contribution in [1.82, 2.24) is 0 Å². The van der Waals surface area contributed by atoms with Crippen LogP contribution in [0.4, 0.5) is 0 Å². The fourth-order valence-corrected chi connectivity index (χ4v) is 6.47. The van der Waals surface area contributed by atoms with Crippen LogP contribution in [0.1, 0.15) is 71.3 Å². The summed E-state index contributed by atoms with van der Waals surface area (Å²) in [5.41, 5.74) is 2.94. The Morgan fingerprint density at radius 3 is 2.36 bits per heavy atom. The second-order valence-electron chi connectivity index (χ2n) is 9.49. The molecule has 1 aromatic rings. The van der Waals surface area contributed by atoms with Gasteiger partial charge in [-0.15, -0.1) is 0 Å². The molecule has 22 heavy (non-hydrogen) atoms. The molecule has 4 atom stereocenters. The van der Waals surface area contributed by atoms with Crippen LogP contribution in [-0.2, 0) is 5.41 Å². The van der Waals surface area contributed by atoms with E-state index in [9.17, 15) is 5.11 Å². The van der Waals surface area contributed by atoms with Crippen molar-refractivity contribution in [2.75, 3.05) is 0 Å². The van der Waals surface area contributed by atoms with E-state index in [1.807, 2.05) is 12.1 Å². The number of phenols is 1. The molecule has 2 bridgehead atoms. The molecule has 0 aliphatic heterocycles. The minimum absolute atomic E-state index is 0.372. The second-order valence-corrected chi connectivity index (χ2v) is 9.49. The van der Waals surface area contributed by atoms with Gasteiger partial charge in [-0.25, -0.2) is 0 Å². The van der Waals surface area contributed by atoms with Crippen molar-refractivity contribution in [3.05, 3.63) is 29.8 Å². The first-order valence-electron chi connectivity index (χ1n) is 9.14. The number of benzene rings is 1. The largest absolute Gasteiger partial charge is 0.508 e. The Labute approximate surface area is 135 Å². The smallest absolute Gasteiger partial charge is 0.115 e. The maximum atomic E-state index is 9.70. The molecule has 0 spiro atoms. The zero-order valence-electron chi connectivity index (χ0n) is 14.4. The summed E-state index contributed by atoms with van der Waals surface area (Å²) in [6, 6.07) is 8.24. The highest BCUT2D eigenvalue weighted by atomic mass is 16.3. The van der Waals surface area contributed by atoms with Crippen LogP contribution >= 0.6 is 0 Å². The third-order valence-electron chi connectivity index (χ3n) is 7.59. The maximum Gasteiger partial charge on any atom is 0.115 e. The van der Waals surface area contributed by atoms with Crippen molar-refractivity contribution in [3.63, 3.8) is 0 Å². The van der Waals surface area contributed by atoms with Gasteiger partial charge in [0.1, 0.15) is 5.75 Å². The van der Waals surface area contributed by atoms with Crippen molar-refractivity contribution in [1.29, 1.82) is 0 Å². The van der Waals surface area contributed by atoms with Gasteiger partial charge in [0, 0.05) is 0 Å². The van der Waals surface area contributed by atoms with Crippen LogP contribution < -0.4 is 0 Å². The first-order chi connectivity index (χ1) is 10.3. The van der Waals surface area contributed by atoms with E-state index < -0.39 is 0 Å². The normalized spacial score (nSPS) is 42.9. The van der Waals surface area contributed by atoms with Gasteiger partial charge in [0.2, 0.25) is 0 Å². The van der Waals surface area contributed by atoms with Gasteiger partial charge >= 0.3 is 0 Å². The Balaban J connectivity index is 1.81. The summed E-state index contributed by atoms with van der Waals surface area (Å²) in [5.74, 6) is 2.15. The topological polar surface area (TPSA) is 20.2 Å². The molecule has 0 heterocycles. The van der Waals surface area contributed by atoms with Crippen LogP contribution in [0.3, 0.4) is 0 Å². The number of hydrogen-bond donors (Lipinski definition) is 1. The van der Waals surface area contributed by atoms with Gasteiger partial charge in [0.15, 0.2) is 0 Å². The van der Waals surface area contributed by atoms with Gasteiger partial charge in [-0.1, -0.05) is 39.3 Å². The predicted molar refractivity (Wildman–Crippen MR) is 91.0 cm³/mol. The molecule has 0 amide bonds. The van der Waals surface area contributed by atoms with E-state index in [1.165, 1.54) is 50.5 Å². The van der Waals surface area contributed by atoms with Crippen LogP contribution in [-0.4, -0.2) is 5.11 Å². The molecule has 0 saturated heterocycles. The lowest BCUT2D eigenvalue weighted by Crippen LogP contribution is -2.54. The minimum Gasteiger partial charge on any atom is -0.508 e. The molecule has 4 rings (SSSR count). The van der Waals surface area contributed by atoms with Gasteiger partial charge in [-0.3, -0.25) is 0 Å². The van der Waals surface area contributed by atoms with Crippen molar-refractivity contribution < 1.29 is 5.11 Å². The van der Waals surface area contributed by atoms with Gasteiger partial charge in [0.05, 0.1) is 0 Å². The molecule has 1 aromatic carbocycles. The number of fused-ring (bicyclic) bond motifs is 4. The summed E-state index contributed by atoms with van der Waals surface area (Å²) < 4.78 is 0. The number of aromatic hydroxyl groups is 1. The molecule has 1 heteroatoms. The Morgan fingerprint density at radius 1 is 0.955 bits per heavy atom. The zero-order valence-corrected chi connectivity index (χ0v) is 14.4. The molecule has 120 valence electrons. The Bertz CT molecular complexity index is 572. The fourth-order valence-electron chi connectivity index (χ4n) is 6.47. The highest BCUT2D eigenvalue weighted by Crippen LogP contribution is 2.68. The molecule has 0 unspecified atom stereocenters. The summed E-state index contributed by atoms with van der Waals surface area (Å²) in [4.78, 5) is 0. The number of rotatable bonds is 1. The molecule has 3 aliphatic carbocycles. The molecular weight excluding hydrogens is 268 g/mol. The average Bonchev–Trinajstić information content (AvgIpc) is 2.52. The molecule has 1 nitrogen and oxygen atoms in total. The first-order valence-corrected chi connectivity index (χ1v) is 9.14. The van der Waals surface area contributed by atoms with E-state index in [0.29, 0.717) is 22.0 Å². The Kier molecular flexibility index (Phi) is 3.00. The molecule has 0 aromatic heterocycles. The van der Waals surface area contributed by atoms with Crippen LogP contribution in [0.2, 0.25) is 0 Å². The highest BCUT2D eigenvalue weighted by molar-refractivity contribution is 5.35. The first kappa shape index (κ1) is 14.6. The van der Waals surface area contributed by atoms with Gasteiger partial charge < -0.3 is 5.11 Å². The molecule has 0 radical (unpaired) electrons. The van der Waals surface area contributed by atoms with E-state index >= 15 is 0 Å². The Hall–Kier alpha value is -0.980. The monoisotopic (exact) mass is 298 g/mol. The average molecular weight is 298 g/mol. The lowest BCUT2D eigenvalue weighted by Gasteiger charge is -2.60. The number of phenolic OH excluding ortho intramolecular Hbond substituents is 1. The fraction of sp³-hybridized carbons (Fsp3) is 0.714.